The second kappa shape index (κ2) is 3.55. The summed E-state index contributed by atoms with van der Waals surface area (Å²) in [6.07, 6.45) is 4.29. The summed E-state index contributed by atoms with van der Waals surface area (Å²) < 4.78 is 0. The molecule has 2 heterocycles. The van der Waals surface area contributed by atoms with Crippen molar-refractivity contribution in [2.24, 2.45) is 0 Å². The highest BCUT2D eigenvalue weighted by Crippen LogP contribution is 2.08. The van der Waals surface area contributed by atoms with Gasteiger partial charge in [-0.3, -0.25) is 9.80 Å². The first-order valence-electron chi connectivity index (χ1n) is 4.77. The fourth-order valence-electron chi connectivity index (χ4n) is 1.85. The van der Waals surface area contributed by atoms with Gasteiger partial charge < -0.3 is 9.80 Å². The molecule has 0 N–H and O–H groups in total. The van der Waals surface area contributed by atoms with E-state index in [4.69, 9.17) is 0 Å². The average Bonchev–Trinajstić information content (AvgIpc) is 2.62. The third-order valence-electron chi connectivity index (χ3n) is 2.56. The molecule has 0 amide bonds. The van der Waals surface area contributed by atoms with Crippen molar-refractivity contribution < 1.29 is 0 Å². The Morgan fingerprint density at radius 1 is 1.08 bits per heavy atom. The van der Waals surface area contributed by atoms with Crippen LogP contribution in [0.5, 0.6) is 0 Å². The SMILES string of the molecule is CN1C=CN(CN2CCN(C)C2)C1. The Bertz CT molecular complexity index is 204. The molecule has 2 aliphatic heterocycles. The van der Waals surface area contributed by atoms with Crippen molar-refractivity contribution in [1.82, 2.24) is 19.6 Å². The van der Waals surface area contributed by atoms with Crippen molar-refractivity contribution in [3.05, 3.63) is 12.4 Å². The molecule has 0 saturated carbocycles. The van der Waals surface area contributed by atoms with Crippen LogP contribution < -0.4 is 0 Å². The summed E-state index contributed by atoms with van der Waals surface area (Å²) in [5.74, 6) is 0. The topological polar surface area (TPSA) is 13.0 Å². The number of likely N-dealkylation sites (N-methyl/N-ethyl adjacent to an activating group) is 1. The zero-order chi connectivity index (χ0) is 9.26. The van der Waals surface area contributed by atoms with Crippen LogP contribution in [0.4, 0.5) is 0 Å². The van der Waals surface area contributed by atoms with E-state index in [9.17, 15) is 0 Å². The molecule has 2 rings (SSSR count). The van der Waals surface area contributed by atoms with Gasteiger partial charge in [-0.25, -0.2) is 0 Å². The zero-order valence-electron chi connectivity index (χ0n) is 8.48. The quantitative estimate of drug-likeness (QED) is 0.587. The van der Waals surface area contributed by atoms with E-state index in [1.165, 1.54) is 13.1 Å². The number of nitrogens with zero attached hydrogens (tertiary/aromatic N) is 4. The Morgan fingerprint density at radius 2 is 1.92 bits per heavy atom. The average molecular weight is 182 g/mol. The molecule has 0 bridgehead atoms. The van der Waals surface area contributed by atoms with Crippen LogP contribution in [-0.2, 0) is 0 Å². The Hall–Kier alpha value is -0.740. The van der Waals surface area contributed by atoms with Crippen LogP contribution in [0.2, 0.25) is 0 Å². The van der Waals surface area contributed by atoms with Gasteiger partial charge in [0.1, 0.15) is 0 Å². The molecular weight excluding hydrogens is 164 g/mol. The lowest BCUT2D eigenvalue weighted by atomic mass is 10.6. The van der Waals surface area contributed by atoms with Gasteiger partial charge in [0.15, 0.2) is 0 Å². The van der Waals surface area contributed by atoms with Gasteiger partial charge in [-0.2, -0.15) is 0 Å². The lowest BCUT2D eigenvalue weighted by Crippen LogP contribution is -2.35. The molecule has 0 atom stereocenters. The van der Waals surface area contributed by atoms with Crippen LogP contribution in [0.15, 0.2) is 12.4 Å². The van der Waals surface area contributed by atoms with E-state index in [2.05, 4.69) is 46.1 Å². The molecule has 0 aromatic heterocycles. The predicted octanol–water partition coefficient (Wildman–Crippen LogP) is -0.175. The van der Waals surface area contributed by atoms with Crippen LogP contribution in [-0.4, -0.2) is 66.8 Å². The molecule has 13 heavy (non-hydrogen) atoms. The molecule has 1 fully saturated rings. The fraction of sp³-hybridized carbons (Fsp3) is 0.778. The van der Waals surface area contributed by atoms with Gasteiger partial charge in [-0.15, -0.1) is 0 Å². The first-order valence-corrected chi connectivity index (χ1v) is 4.77. The van der Waals surface area contributed by atoms with Crippen LogP contribution in [0.1, 0.15) is 0 Å². The molecule has 4 nitrogen and oxygen atoms in total. The largest absolute Gasteiger partial charge is 0.362 e. The minimum absolute atomic E-state index is 1.03. The van der Waals surface area contributed by atoms with E-state index in [1.807, 2.05) is 0 Å². The summed E-state index contributed by atoms with van der Waals surface area (Å²) in [5, 5.41) is 0. The smallest absolute Gasteiger partial charge is 0.0902 e. The maximum atomic E-state index is 2.46. The molecule has 0 aliphatic carbocycles. The Labute approximate surface area is 80.0 Å². The summed E-state index contributed by atoms with van der Waals surface area (Å²) in [6.45, 7) is 5.59. The van der Waals surface area contributed by atoms with Crippen LogP contribution in [0.25, 0.3) is 0 Å². The molecular formula is C9H18N4. The monoisotopic (exact) mass is 182 g/mol. The minimum Gasteiger partial charge on any atom is -0.362 e. The van der Waals surface area contributed by atoms with Gasteiger partial charge in [0.05, 0.1) is 20.0 Å². The van der Waals surface area contributed by atoms with Crippen LogP contribution >= 0.6 is 0 Å². The summed E-state index contributed by atoms with van der Waals surface area (Å²) in [5.41, 5.74) is 0. The van der Waals surface area contributed by atoms with Crippen molar-refractivity contribution in [2.45, 2.75) is 0 Å². The van der Waals surface area contributed by atoms with Gasteiger partial charge in [0, 0.05) is 32.5 Å². The molecule has 74 valence electrons. The van der Waals surface area contributed by atoms with Crippen molar-refractivity contribution in [2.75, 3.05) is 47.2 Å². The molecule has 0 aromatic carbocycles. The summed E-state index contributed by atoms with van der Waals surface area (Å²) >= 11 is 0. The lowest BCUT2D eigenvalue weighted by molar-refractivity contribution is 0.163. The van der Waals surface area contributed by atoms with Crippen molar-refractivity contribution in [3.63, 3.8) is 0 Å². The highest BCUT2D eigenvalue weighted by Gasteiger charge is 2.19. The van der Waals surface area contributed by atoms with Gasteiger partial charge in [0.2, 0.25) is 0 Å². The molecule has 0 radical (unpaired) electrons. The van der Waals surface area contributed by atoms with E-state index in [0.717, 1.165) is 20.0 Å². The van der Waals surface area contributed by atoms with Crippen molar-refractivity contribution >= 4 is 0 Å². The van der Waals surface area contributed by atoms with E-state index in [1.54, 1.807) is 0 Å². The maximum Gasteiger partial charge on any atom is 0.0902 e. The molecule has 2 aliphatic rings. The predicted molar refractivity (Wildman–Crippen MR) is 52.7 cm³/mol. The zero-order valence-corrected chi connectivity index (χ0v) is 8.48. The fourth-order valence-corrected chi connectivity index (χ4v) is 1.85. The van der Waals surface area contributed by atoms with Crippen molar-refractivity contribution in [1.29, 1.82) is 0 Å². The molecule has 0 aromatic rings. The number of hydrogen-bond acceptors (Lipinski definition) is 4. The van der Waals surface area contributed by atoms with Crippen LogP contribution in [0.3, 0.4) is 0 Å². The number of rotatable bonds is 2. The van der Waals surface area contributed by atoms with E-state index >= 15 is 0 Å². The third-order valence-corrected chi connectivity index (χ3v) is 2.56. The molecule has 0 spiro atoms. The van der Waals surface area contributed by atoms with Gasteiger partial charge in [0.25, 0.3) is 0 Å². The van der Waals surface area contributed by atoms with E-state index in [0.29, 0.717) is 0 Å². The second-order valence-electron chi connectivity index (χ2n) is 4.04. The highest BCUT2D eigenvalue weighted by molar-refractivity contribution is 4.88. The molecule has 1 saturated heterocycles. The van der Waals surface area contributed by atoms with Crippen molar-refractivity contribution in [3.8, 4) is 0 Å². The van der Waals surface area contributed by atoms with Gasteiger partial charge in [-0.05, 0) is 7.05 Å². The van der Waals surface area contributed by atoms with Gasteiger partial charge >= 0.3 is 0 Å². The molecule has 4 heteroatoms. The summed E-state index contributed by atoms with van der Waals surface area (Å²) in [4.78, 5) is 9.34. The van der Waals surface area contributed by atoms with E-state index < -0.39 is 0 Å². The highest BCUT2D eigenvalue weighted by atomic mass is 15.5. The van der Waals surface area contributed by atoms with E-state index in [-0.39, 0.29) is 0 Å². The Morgan fingerprint density at radius 3 is 2.46 bits per heavy atom. The Kier molecular flexibility index (Phi) is 2.42. The standard InChI is InChI=1S/C9H18N4/c1-10-3-5-12(7-10)9-13-6-4-11(2)8-13/h3,5H,4,6-9H2,1-2H3. The summed E-state index contributed by atoms with van der Waals surface area (Å²) in [7, 11) is 4.28. The minimum atomic E-state index is 1.03. The Balaban J connectivity index is 1.76. The second-order valence-corrected chi connectivity index (χ2v) is 4.04. The van der Waals surface area contributed by atoms with Crippen LogP contribution in [0, 0.1) is 0 Å². The summed E-state index contributed by atoms with van der Waals surface area (Å²) in [6, 6.07) is 0. The number of hydrogen-bond donors (Lipinski definition) is 0. The first kappa shape index (κ1) is 8.84. The molecule has 0 unspecified atom stereocenters. The maximum absolute atomic E-state index is 2.46. The van der Waals surface area contributed by atoms with Gasteiger partial charge in [-0.1, -0.05) is 0 Å². The third kappa shape index (κ3) is 2.14. The normalized spacial score (nSPS) is 25.1. The first-order chi connectivity index (χ1) is 6.24. The lowest BCUT2D eigenvalue weighted by Gasteiger charge is -2.24.